The molecule has 0 saturated heterocycles. The fraction of sp³-hybridized carbons (Fsp3) is 0.613. The number of ether oxygens (including phenoxy) is 3. The van der Waals surface area contributed by atoms with Crippen molar-refractivity contribution in [1.29, 1.82) is 0 Å². The monoisotopic (exact) mass is 535 g/mol. The molecular formula is C31H41N3O5. The standard InChI is InChI=1S/C31H41N3O5/c1-17-14-18(2)32-28(35)22(17)15-34-16-31(12-13-31)24-23(29(34)36)19(3)25-27(26(24)37-7)39-30(4,38-25)20-8-10-21(11-9-20)33(5)6/h14,20-21H,8-13,15-16H2,1-7H3,(H,32,35). The quantitative estimate of drug-likeness (QED) is 0.602. The van der Waals surface area contributed by atoms with E-state index in [0.29, 0.717) is 41.0 Å². The van der Waals surface area contributed by atoms with Crippen LogP contribution in [-0.2, 0) is 12.0 Å². The van der Waals surface area contributed by atoms with E-state index < -0.39 is 5.79 Å². The van der Waals surface area contributed by atoms with E-state index in [2.05, 4.69) is 24.0 Å². The van der Waals surface area contributed by atoms with Gasteiger partial charge in [-0.15, -0.1) is 0 Å². The van der Waals surface area contributed by atoms with E-state index >= 15 is 0 Å². The topological polar surface area (TPSA) is 84.1 Å². The summed E-state index contributed by atoms with van der Waals surface area (Å²) in [6.07, 6.45) is 6.20. The van der Waals surface area contributed by atoms with Crippen LogP contribution in [0.5, 0.6) is 17.2 Å². The van der Waals surface area contributed by atoms with Crippen LogP contribution in [0.25, 0.3) is 0 Å². The van der Waals surface area contributed by atoms with Crippen LogP contribution < -0.4 is 19.8 Å². The summed E-state index contributed by atoms with van der Waals surface area (Å²) >= 11 is 0. The summed E-state index contributed by atoms with van der Waals surface area (Å²) in [5, 5.41) is 0. The average Bonchev–Trinajstić information content (AvgIpc) is 3.56. The van der Waals surface area contributed by atoms with Gasteiger partial charge in [-0.1, -0.05) is 0 Å². The lowest BCUT2D eigenvalue weighted by Crippen LogP contribution is -2.46. The lowest BCUT2D eigenvalue weighted by molar-refractivity contribution is -0.123. The first-order valence-electron chi connectivity index (χ1n) is 14.3. The molecule has 2 aliphatic heterocycles. The van der Waals surface area contributed by atoms with Gasteiger partial charge in [-0.2, -0.15) is 0 Å². The van der Waals surface area contributed by atoms with Gasteiger partial charge in [-0.25, -0.2) is 0 Å². The van der Waals surface area contributed by atoms with Gasteiger partial charge < -0.3 is 29.0 Å². The van der Waals surface area contributed by atoms with Crippen molar-refractivity contribution in [3.63, 3.8) is 0 Å². The van der Waals surface area contributed by atoms with Gasteiger partial charge in [0.25, 0.3) is 17.3 Å². The summed E-state index contributed by atoms with van der Waals surface area (Å²) in [7, 11) is 5.96. The Morgan fingerprint density at radius 2 is 1.74 bits per heavy atom. The second-order valence-electron chi connectivity index (χ2n) is 12.6. The molecule has 2 fully saturated rings. The number of aromatic amines is 1. The minimum absolute atomic E-state index is 0.0794. The van der Waals surface area contributed by atoms with Crippen LogP contribution in [0, 0.1) is 26.7 Å². The van der Waals surface area contributed by atoms with Crippen molar-refractivity contribution < 1.29 is 19.0 Å². The molecule has 210 valence electrons. The molecule has 3 heterocycles. The lowest BCUT2D eigenvalue weighted by Gasteiger charge is -2.39. The van der Waals surface area contributed by atoms with Crippen molar-refractivity contribution in [2.45, 2.75) is 90.0 Å². The lowest BCUT2D eigenvalue weighted by atomic mass is 9.81. The minimum atomic E-state index is -0.798. The predicted molar refractivity (Wildman–Crippen MR) is 149 cm³/mol. The number of carbonyl (C=O) groups excluding carboxylic acids is 1. The molecule has 39 heavy (non-hydrogen) atoms. The third-order valence-electron chi connectivity index (χ3n) is 9.81. The number of aryl methyl sites for hydroxylation is 2. The number of hydrogen-bond acceptors (Lipinski definition) is 6. The number of nitrogens with one attached hydrogen (secondary N) is 1. The van der Waals surface area contributed by atoms with E-state index in [1.54, 1.807) is 7.11 Å². The Kier molecular flexibility index (Phi) is 6.06. The molecule has 2 saturated carbocycles. The van der Waals surface area contributed by atoms with E-state index in [9.17, 15) is 9.59 Å². The first-order chi connectivity index (χ1) is 18.5. The third-order valence-corrected chi connectivity index (χ3v) is 9.81. The largest absolute Gasteiger partial charge is 0.492 e. The number of H-pyrrole nitrogens is 1. The molecule has 8 heteroatoms. The first-order valence-corrected chi connectivity index (χ1v) is 14.3. The number of carbonyl (C=O) groups is 1. The maximum atomic E-state index is 14.1. The highest BCUT2D eigenvalue weighted by Gasteiger charge is 2.57. The zero-order valence-electron chi connectivity index (χ0n) is 24.3. The van der Waals surface area contributed by atoms with E-state index in [1.165, 1.54) is 0 Å². The molecule has 0 bridgehead atoms. The second-order valence-corrected chi connectivity index (χ2v) is 12.6. The van der Waals surface area contributed by atoms with E-state index in [0.717, 1.165) is 60.9 Å². The van der Waals surface area contributed by atoms with Gasteiger partial charge in [0.05, 0.1) is 19.2 Å². The predicted octanol–water partition coefficient (Wildman–Crippen LogP) is 4.60. The molecule has 1 aromatic heterocycles. The molecule has 1 atom stereocenters. The Hall–Kier alpha value is -3.00. The van der Waals surface area contributed by atoms with Crippen molar-refractivity contribution in [3.8, 4) is 17.2 Å². The minimum Gasteiger partial charge on any atom is -0.492 e. The number of fused-ring (bicyclic) bond motifs is 3. The van der Waals surface area contributed by atoms with Crippen LogP contribution >= 0.6 is 0 Å². The zero-order chi connectivity index (χ0) is 27.9. The van der Waals surface area contributed by atoms with E-state index in [4.69, 9.17) is 14.2 Å². The summed E-state index contributed by atoms with van der Waals surface area (Å²) in [4.78, 5) is 34.0. The Balaban J connectivity index is 1.37. The highest BCUT2D eigenvalue weighted by molar-refractivity contribution is 6.01. The number of benzene rings is 1. The third kappa shape index (κ3) is 4.05. The number of rotatable bonds is 5. The molecule has 1 aromatic carbocycles. The van der Waals surface area contributed by atoms with Crippen LogP contribution in [0.1, 0.15) is 83.8 Å². The Morgan fingerprint density at radius 1 is 1.08 bits per heavy atom. The summed E-state index contributed by atoms with van der Waals surface area (Å²) in [5.41, 5.74) is 4.46. The summed E-state index contributed by atoms with van der Waals surface area (Å²) in [6, 6.07) is 2.55. The smallest absolute Gasteiger partial charge is 0.255 e. The van der Waals surface area contributed by atoms with Crippen molar-refractivity contribution in [2.75, 3.05) is 27.7 Å². The van der Waals surface area contributed by atoms with Gasteiger partial charge >= 0.3 is 0 Å². The number of hydrogen-bond donors (Lipinski definition) is 1. The van der Waals surface area contributed by atoms with Crippen LogP contribution in [0.4, 0.5) is 0 Å². The number of aromatic nitrogens is 1. The van der Waals surface area contributed by atoms with Crippen LogP contribution in [0.15, 0.2) is 10.9 Å². The summed E-state index contributed by atoms with van der Waals surface area (Å²) in [6.45, 7) is 8.67. The molecule has 8 nitrogen and oxygen atoms in total. The summed E-state index contributed by atoms with van der Waals surface area (Å²) < 4.78 is 19.4. The van der Waals surface area contributed by atoms with Crippen molar-refractivity contribution in [1.82, 2.24) is 14.8 Å². The molecule has 0 radical (unpaired) electrons. The fourth-order valence-electron chi connectivity index (χ4n) is 7.32. The molecule has 1 amide bonds. The van der Waals surface area contributed by atoms with Crippen molar-refractivity contribution in [3.05, 3.63) is 49.9 Å². The molecule has 6 rings (SSSR count). The maximum Gasteiger partial charge on any atom is 0.255 e. The van der Waals surface area contributed by atoms with Crippen LogP contribution in [0.2, 0.25) is 0 Å². The van der Waals surface area contributed by atoms with Gasteiger partial charge in [-0.05, 0) is 85.0 Å². The molecule has 1 spiro atoms. The number of methoxy groups -OCH3 is 1. The molecular weight excluding hydrogens is 494 g/mol. The van der Waals surface area contributed by atoms with Gasteiger partial charge in [-0.3, -0.25) is 9.59 Å². The average molecular weight is 536 g/mol. The van der Waals surface area contributed by atoms with Gasteiger partial charge in [0.1, 0.15) is 0 Å². The fourth-order valence-corrected chi connectivity index (χ4v) is 7.32. The van der Waals surface area contributed by atoms with Gasteiger partial charge in [0.2, 0.25) is 5.75 Å². The first kappa shape index (κ1) is 26.2. The Morgan fingerprint density at radius 3 is 2.33 bits per heavy atom. The molecule has 1 unspecified atom stereocenters. The van der Waals surface area contributed by atoms with Crippen LogP contribution in [0.3, 0.4) is 0 Å². The van der Waals surface area contributed by atoms with Crippen molar-refractivity contribution >= 4 is 5.91 Å². The SMILES string of the molecule is COc1c2c(c(C)c3c1C1(CC1)CN(Cc1c(C)cc(C)[nH]c1=O)C3=O)OC(C)(C1CCC(N(C)C)CC1)O2. The zero-order valence-corrected chi connectivity index (χ0v) is 24.3. The normalized spacial score (nSPS) is 26.8. The maximum absolute atomic E-state index is 14.1. The molecule has 1 N–H and O–H groups in total. The Bertz CT molecular complexity index is 1400. The molecule has 2 aromatic rings. The highest BCUT2D eigenvalue weighted by Crippen LogP contribution is 2.62. The second kappa shape index (κ2) is 9.01. The highest BCUT2D eigenvalue weighted by atomic mass is 16.7. The van der Waals surface area contributed by atoms with Crippen LogP contribution in [-0.4, -0.2) is 60.3 Å². The van der Waals surface area contributed by atoms with Gasteiger partial charge in [0, 0.05) is 53.2 Å². The number of amides is 1. The summed E-state index contributed by atoms with van der Waals surface area (Å²) in [5.74, 6) is 1.28. The molecule has 2 aliphatic carbocycles. The van der Waals surface area contributed by atoms with Gasteiger partial charge in [0.15, 0.2) is 11.5 Å². The Labute approximate surface area is 230 Å². The van der Waals surface area contributed by atoms with Crippen molar-refractivity contribution in [2.24, 2.45) is 5.92 Å². The number of pyridine rings is 1. The van der Waals surface area contributed by atoms with E-state index in [1.807, 2.05) is 38.7 Å². The number of nitrogens with zero attached hydrogens (tertiary/aromatic N) is 2. The van der Waals surface area contributed by atoms with E-state index in [-0.39, 0.29) is 29.3 Å². The molecule has 4 aliphatic rings.